The Morgan fingerprint density at radius 1 is 1.26 bits per heavy atom. The van der Waals surface area contributed by atoms with Gasteiger partial charge >= 0.3 is 0 Å². The number of ether oxygens (including phenoxy) is 1. The molecule has 2 rings (SSSR count). The molecule has 5 heteroatoms. The van der Waals surface area contributed by atoms with Gasteiger partial charge in [0.1, 0.15) is 11.6 Å². The van der Waals surface area contributed by atoms with E-state index >= 15 is 0 Å². The normalized spacial score (nSPS) is 10.1. The van der Waals surface area contributed by atoms with E-state index in [1.54, 1.807) is 13.3 Å². The van der Waals surface area contributed by atoms with Crippen LogP contribution in [0.5, 0.6) is 5.75 Å². The number of nitrogens with one attached hydrogen (secondary N) is 1. The molecule has 0 aliphatic heterocycles. The van der Waals surface area contributed by atoms with E-state index < -0.39 is 0 Å². The maximum Gasteiger partial charge on any atom is 0.226 e. The number of benzene rings is 1. The fraction of sp³-hybridized carbons (Fsp3) is 0.286. The number of hydrogen-bond donors (Lipinski definition) is 1. The van der Waals surface area contributed by atoms with Gasteiger partial charge in [-0.2, -0.15) is 4.98 Å². The van der Waals surface area contributed by atoms with Gasteiger partial charge in [0.25, 0.3) is 0 Å². The van der Waals surface area contributed by atoms with Gasteiger partial charge in [-0.15, -0.1) is 0 Å². The van der Waals surface area contributed by atoms with Gasteiger partial charge in [-0.1, -0.05) is 12.1 Å². The lowest BCUT2D eigenvalue weighted by Crippen LogP contribution is -2.13. The SMILES string of the molecule is COc1cccc(CNc2ccnc(N(C)C)n2)c1. The van der Waals surface area contributed by atoms with Crippen molar-refractivity contribution in [3.8, 4) is 5.75 Å². The molecule has 0 unspecified atom stereocenters. The Balaban J connectivity index is 2.03. The third-order valence-corrected chi connectivity index (χ3v) is 2.65. The smallest absolute Gasteiger partial charge is 0.226 e. The highest BCUT2D eigenvalue weighted by atomic mass is 16.5. The Labute approximate surface area is 113 Å². The molecule has 0 aliphatic rings. The highest BCUT2D eigenvalue weighted by Gasteiger charge is 2.01. The second kappa shape index (κ2) is 6.04. The molecule has 0 fully saturated rings. The molecule has 0 aliphatic carbocycles. The zero-order valence-electron chi connectivity index (χ0n) is 11.4. The van der Waals surface area contributed by atoms with E-state index in [4.69, 9.17) is 4.74 Å². The molecule has 0 spiro atoms. The van der Waals surface area contributed by atoms with Gasteiger partial charge in [-0.05, 0) is 23.8 Å². The molecule has 19 heavy (non-hydrogen) atoms. The molecule has 0 saturated heterocycles. The van der Waals surface area contributed by atoms with Gasteiger partial charge in [0.15, 0.2) is 0 Å². The molecule has 0 radical (unpaired) electrons. The van der Waals surface area contributed by atoms with Crippen LogP contribution in [0.2, 0.25) is 0 Å². The summed E-state index contributed by atoms with van der Waals surface area (Å²) in [5.41, 5.74) is 1.14. The van der Waals surface area contributed by atoms with Crippen LogP contribution in [0, 0.1) is 0 Å². The van der Waals surface area contributed by atoms with E-state index in [9.17, 15) is 0 Å². The van der Waals surface area contributed by atoms with E-state index in [0.717, 1.165) is 17.1 Å². The molecule has 5 nitrogen and oxygen atoms in total. The third-order valence-electron chi connectivity index (χ3n) is 2.65. The molecular formula is C14H18N4O. The average Bonchev–Trinajstić information content (AvgIpc) is 2.45. The Morgan fingerprint density at radius 3 is 2.84 bits per heavy atom. The second-order valence-electron chi connectivity index (χ2n) is 4.34. The van der Waals surface area contributed by atoms with Gasteiger partial charge in [0.2, 0.25) is 5.95 Å². The van der Waals surface area contributed by atoms with Crippen LogP contribution in [0.15, 0.2) is 36.5 Å². The van der Waals surface area contributed by atoms with Crippen LogP contribution in [0.4, 0.5) is 11.8 Å². The molecule has 100 valence electrons. The van der Waals surface area contributed by atoms with Crippen molar-refractivity contribution in [2.24, 2.45) is 0 Å². The van der Waals surface area contributed by atoms with Crippen molar-refractivity contribution in [2.75, 3.05) is 31.4 Å². The van der Waals surface area contributed by atoms with Crippen LogP contribution in [-0.4, -0.2) is 31.2 Å². The van der Waals surface area contributed by atoms with Crippen molar-refractivity contribution in [3.63, 3.8) is 0 Å². The standard InChI is InChI=1S/C14H18N4O/c1-18(2)14-15-8-7-13(17-14)16-10-11-5-4-6-12(9-11)19-3/h4-9H,10H2,1-3H3,(H,15,16,17). The quantitative estimate of drug-likeness (QED) is 0.890. The molecule has 1 N–H and O–H groups in total. The second-order valence-corrected chi connectivity index (χ2v) is 4.34. The van der Waals surface area contributed by atoms with Crippen molar-refractivity contribution in [1.82, 2.24) is 9.97 Å². The first-order valence-corrected chi connectivity index (χ1v) is 6.06. The Morgan fingerprint density at radius 2 is 2.11 bits per heavy atom. The molecule has 1 aromatic carbocycles. The minimum Gasteiger partial charge on any atom is -0.497 e. The molecule has 0 bridgehead atoms. The summed E-state index contributed by atoms with van der Waals surface area (Å²) in [5, 5.41) is 3.27. The summed E-state index contributed by atoms with van der Waals surface area (Å²) in [4.78, 5) is 10.5. The summed E-state index contributed by atoms with van der Waals surface area (Å²) in [6.45, 7) is 0.696. The maximum atomic E-state index is 5.20. The first-order chi connectivity index (χ1) is 9.19. The predicted octanol–water partition coefficient (Wildman–Crippen LogP) is 2.16. The van der Waals surface area contributed by atoms with Crippen LogP contribution in [0.25, 0.3) is 0 Å². The fourth-order valence-electron chi connectivity index (χ4n) is 1.64. The summed E-state index contributed by atoms with van der Waals surface area (Å²) in [5.74, 6) is 2.35. The van der Waals surface area contributed by atoms with Crippen LogP contribution in [-0.2, 0) is 6.54 Å². The largest absolute Gasteiger partial charge is 0.497 e. The van der Waals surface area contributed by atoms with Gasteiger partial charge in [0.05, 0.1) is 7.11 Å². The number of aromatic nitrogens is 2. The Hall–Kier alpha value is -2.30. The van der Waals surface area contributed by atoms with Crippen LogP contribution >= 0.6 is 0 Å². The van der Waals surface area contributed by atoms with Crippen LogP contribution in [0.1, 0.15) is 5.56 Å². The zero-order chi connectivity index (χ0) is 13.7. The maximum absolute atomic E-state index is 5.20. The topological polar surface area (TPSA) is 50.3 Å². The Bertz CT molecular complexity index is 542. The van der Waals surface area contributed by atoms with E-state index in [1.165, 1.54) is 0 Å². The van der Waals surface area contributed by atoms with E-state index in [1.807, 2.05) is 49.3 Å². The number of nitrogens with zero attached hydrogens (tertiary/aromatic N) is 3. The van der Waals surface area contributed by atoms with Gasteiger partial charge in [-0.25, -0.2) is 4.98 Å². The van der Waals surface area contributed by atoms with Crippen molar-refractivity contribution in [3.05, 3.63) is 42.1 Å². The molecule has 1 heterocycles. The summed E-state index contributed by atoms with van der Waals surface area (Å²) < 4.78 is 5.20. The molecular weight excluding hydrogens is 240 g/mol. The van der Waals surface area contributed by atoms with Gasteiger partial charge in [0, 0.05) is 26.8 Å². The molecule has 0 saturated carbocycles. The minimum absolute atomic E-state index is 0.690. The predicted molar refractivity (Wildman–Crippen MR) is 76.7 cm³/mol. The average molecular weight is 258 g/mol. The zero-order valence-corrected chi connectivity index (χ0v) is 11.4. The van der Waals surface area contributed by atoms with E-state index in [0.29, 0.717) is 12.5 Å². The third kappa shape index (κ3) is 3.58. The lowest BCUT2D eigenvalue weighted by Gasteiger charge is -2.12. The first-order valence-electron chi connectivity index (χ1n) is 6.06. The van der Waals surface area contributed by atoms with Gasteiger partial charge < -0.3 is 15.0 Å². The first kappa shape index (κ1) is 13.1. The highest BCUT2D eigenvalue weighted by Crippen LogP contribution is 2.14. The lowest BCUT2D eigenvalue weighted by molar-refractivity contribution is 0.414. The Kier molecular flexibility index (Phi) is 4.18. The van der Waals surface area contributed by atoms with Crippen molar-refractivity contribution >= 4 is 11.8 Å². The minimum atomic E-state index is 0.690. The van der Waals surface area contributed by atoms with Crippen molar-refractivity contribution < 1.29 is 4.74 Å². The number of methoxy groups -OCH3 is 1. The lowest BCUT2D eigenvalue weighted by atomic mass is 10.2. The van der Waals surface area contributed by atoms with E-state index in [-0.39, 0.29) is 0 Å². The summed E-state index contributed by atoms with van der Waals surface area (Å²) in [6.07, 6.45) is 1.75. The summed E-state index contributed by atoms with van der Waals surface area (Å²) in [7, 11) is 5.50. The molecule has 2 aromatic rings. The molecule has 1 aromatic heterocycles. The highest BCUT2D eigenvalue weighted by molar-refractivity contribution is 5.41. The molecule has 0 atom stereocenters. The summed E-state index contributed by atoms with van der Waals surface area (Å²) >= 11 is 0. The molecule has 0 amide bonds. The van der Waals surface area contributed by atoms with Crippen LogP contribution < -0.4 is 15.0 Å². The van der Waals surface area contributed by atoms with Crippen molar-refractivity contribution in [1.29, 1.82) is 0 Å². The van der Waals surface area contributed by atoms with Crippen LogP contribution in [0.3, 0.4) is 0 Å². The fourth-order valence-corrected chi connectivity index (χ4v) is 1.64. The number of anilines is 2. The monoisotopic (exact) mass is 258 g/mol. The number of rotatable bonds is 5. The van der Waals surface area contributed by atoms with E-state index in [2.05, 4.69) is 15.3 Å². The van der Waals surface area contributed by atoms with Crippen molar-refractivity contribution in [2.45, 2.75) is 6.54 Å². The number of hydrogen-bond acceptors (Lipinski definition) is 5. The van der Waals surface area contributed by atoms with Gasteiger partial charge in [-0.3, -0.25) is 0 Å². The summed E-state index contributed by atoms with van der Waals surface area (Å²) in [6, 6.07) is 9.80.